The summed E-state index contributed by atoms with van der Waals surface area (Å²) in [6.45, 7) is 7.27. The number of nitrogens with zero attached hydrogens (tertiary/aromatic N) is 5. The number of para-hydroxylation sites is 1. The molecule has 26 heavy (non-hydrogen) atoms. The van der Waals surface area contributed by atoms with E-state index in [2.05, 4.69) is 28.2 Å². The fourth-order valence-electron chi connectivity index (χ4n) is 3.48. The molecular weight excluding hydrogens is 326 g/mol. The molecule has 0 spiro atoms. The topological polar surface area (TPSA) is 54.3 Å². The van der Waals surface area contributed by atoms with Crippen LogP contribution in [0.15, 0.2) is 42.5 Å². The molecule has 4 rings (SSSR count). The Kier molecular flexibility index (Phi) is 4.32. The summed E-state index contributed by atoms with van der Waals surface area (Å²) in [5.74, 6) is 1.11. The number of piperazine rings is 1. The highest BCUT2D eigenvalue weighted by atomic mass is 16.2. The molecule has 6 heteroatoms. The molecule has 6 nitrogen and oxygen atoms in total. The van der Waals surface area contributed by atoms with Crippen molar-refractivity contribution in [2.75, 3.05) is 31.1 Å². The molecule has 0 radical (unpaired) electrons. The number of benzene rings is 1. The minimum absolute atomic E-state index is 0.127. The molecule has 1 amide bonds. The number of pyridine rings is 1. The summed E-state index contributed by atoms with van der Waals surface area (Å²) in [5, 5.41) is 5.53. The highest BCUT2D eigenvalue weighted by Crippen LogP contribution is 2.19. The zero-order chi connectivity index (χ0) is 18.1. The van der Waals surface area contributed by atoms with E-state index in [9.17, 15) is 4.79 Å². The van der Waals surface area contributed by atoms with E-state index in [-0.39, 0.29) is 5.91 Å². The van der Waals surface area contributed by atoms with Crippen LogP contribution in [0.5, 0.6) is 0 Å². The summed E-state index contributed by atoms with van der Waals surface area (Å²) >= 11 is 0. The number of carbonyl (C=O) groups excluding carboxylic acids is 1. The molecule has 1 aliphatic heterocycles. The van der Waals surface area contributed by atoms with Crippen molar-refractivity contribution in [1.29, 1.82) is 0 Å². The standard InChI is InChI=1S/C20H23N5O/c1-15-13-16(2)25(22-15)14-20(26)24-11-9-23(10-12-24)19-8-7-17-5-3-4-6-18(17)21-19/h3-8,13H,9-12,14H2,1-2H3. The van der Waals surface area contributed by atoms with Crippen LogP contribution in [0.4, 0.5) is 5.82 Å². The quantitative estimate of drug-likeness (QED) is 0.729. The van der Waals surface area contributed by atoms with Gasteiger partial charge in [0.2, 0.25) is 5.91 Å². The van der Waals surface area contributed by atoms with Gasteiger partial charge in [-0.2, -0.15) is 5.10 Å². The number of amides is 1. The fraction of sp³-hybridized carbons (Fsp3) is 0.350. The smallest absolute Gasteiger partial charge is 0.244 e. The lowest BCUT2D eigenvalue weighted by atomic mass is 10.2. The number of hydrogen-bond donors (Lipinski definition) is 0. The van der Waals surface area contributed by atoms with Gasteiger partial charge in [0.1, 0.15) is 12.4 Å². The number of aryl methyl sites for hydroxylation is 2. The summed E-state index contributed by atoms with van der Waals surface area (Å²) in [6.07, 6.45) is 0. The van der Waals surface area contributed by atoms with E-state index >= 15 is 0 Å². The Morgan fingerprint density at radius 1 is 1.04 bits per heavy atom. The molecule has 0 bridgehead atoms. The van der Waals surface area contributed by atoms with E-state index in [1.807, 2.05) is 43.0 Å². The molecule has 3 aromatic rings. The summed E-state index contributed by atoms with van der Waals surface area (Å²) in [7, 11) is 0. The molecule has 0 aliphatic carbocycles. The molecular formula is C20H23N5O. The van der Waals surface area contributed by atoms with Crippen molar-refractivity contribution in [3.8, 4) is 0 Å². The normalized spacial score (nSPS) is 14.8. The first kappa shape index (κ1) is 16.6. The van der Waals surface area contributed by atoms with Gasteiger partial charge >= 0.3 is 0 Å². The van der Waals surface area contributed by atoms with Gasteiger partial charge in [-0.15, -0.1) is 0 Å². The molecule has 0 saturated carbocycles. The van der Waals surface area contributed by atoms with Gasteiger partial charge in [-0.25, -0.2) is 4.98 Å². The van der Waals surface area contributed by atoms with Gasteiger partial charge in [0, 0.05) is 37.3 Å². The summed E-state index contributed by atoms with van der Waals surface area (Å²) < 4.78 is 1.79. The minimum Gasteiger partial charge on any atom is -0.353 e. The molecule has 1 saturated heterocycles. The lowest BCUT2D eigenvalue weighted by Gasteiger charge is -2.35. The van der Waals surface area contributed by atoms with Crippen LogP contribution in [-0.2, 0) is 11.3 Å². The van der Waals surface area contributed by atoms with Crippen LogP contribution in [-0.4, -0.2) is 51.8 Å². The summed E-state index contributed by atoms with van der Waals surface area (Å²) in [6, 6.07) is 14.3. The Morgan fingerprint density at radius 3 is 2.54 bits per heavy atom. The van der Waals surface area contributed by atoms with Crippen LogP contribution < -0.4 is 4.90 Å². The van der Waals surface area contributed by atoms with Gasteiger partial charge in [-0.05, 0) is 38.1 Å². The molecule has 0 atom stereocenters. The molecule has 1 fully saturated rings. The van der Waals surface area contributed by atoms with Crippen molar-refractivity contribution >= 4 is 22.6 Å². The molecule has 0 N–H and O–H groups in total. The van der Waals surface area contributed by atoms with Crippen LogP contribution in [0.1, 0.15) is 11.4 Å². The van der Waals surface area contributed by atoms with Gasteiger partial charge in [-0.1, -0.05) is 18.2 Å². The van der Waals surface area contributed by atoms with E-state index in [0.29, 0.717) is 19.6 Å². The Hall–Kier alpha value is -2.89. The van der Waals surface area contributed by atoms with Crippen LogP contribution in [0.25, 0.3) is 10.9 Å². The van der Waals surface area contributed by atoms with Crippen molar-refractivity contribution in [3.63, 3.8) is 0 Å². The molecule has 134 valence electrons. The maximum absolute atomic E-state index is 12.6. The number of rotatable bonds is 3. The van der Waals surface area contributed by atoms with Crippen molar-refractivity contribution in [2.24, 2.45) is 0 Å². The number of hydrogen-bond acceptors (Lipinski definition) is 4. The lowest BCUT2D eigenvalue weighted by Crippen LogP contribution is -2.50. The third kappa shape index (κ3) is 3.27. The fourth-order valence-corrected chi connectivity index (χ4v) is 3.48. The highest BCUT2D eigenvalue weighted by molar-refractivity contribution is 5.80. The Morgan fingerprint density at radius 2 is 1.81 bits per heavy atom. The first-order valence-corrected chi connectivity index (χ1v) is 9.00. The third-order valence-corrected chi connectivity index (χ3v) is 4.93. The first-order chi connectivity index (χ1) is 12.6. The van der Waals surface area contributed by atoms with Gasteiger partial charge in [0.25, 0.3) is 0 Å². The van der Waals surface area contributed by atoms with Crippen molar-refractivity contribution < 1.29 is 4.79 Å². The highest BCUT2D eigenvalue weighted by Gasteiger charge is 2.22. The van der Waals surface area contributed by atoms with E-state index in [1.54, 1.807) is 4.68 Å². The van der Waals surface area contributed by atoms with Crippen molar-refractivity contribution in [2.45, 2.75) is 20.4 Å². The van der Waals surface area contributed by atoms with Crippen LogP contribution in [0, 0.1) is 13.8 Å². The molecule has 1 aromatic carbocycles. The molecule has 3 heterocycles. The van der Waals surface area contributed by atoms with Crippen LogP contribution in [0.2, 0.25) is 0 Å². The second kappa shape index (κ2) is 6.78. The van der Waals surface area contributed by atoms with Crippen molar-refractivity contribution in [3.05, 3.63) is 53.9 Å². The van der Waals surface area contributed by atoms with Crippen LogP contribution >= 0.6 is 0 Å². The first-order valence-electron chi connectivity index (χ1n) is 9.00. The van der Waals surface area contributed by atoms with E-state index in [4.69, 9.17) is 4.98 Å². The van der Waals surface area contributed by atoms with Crippen LogP contribution in [0.3, 0.4) is 0 Å². The molecule has 1 aliphatic rings. The minimum atomic E-state index is 0.127. The average molecular weight is 349 g/mol. The van der Waals surface area contributed by atoms with Gasteiger partial charge in [0.05, 0.1) is 11.2 Å². The predicted molar refractivity (Wildman–Crippen MR) is 102 cm³/mol. The summed E-state index contributed by atoms with van der Waals surface area (Å²) in [4.78, 5) is 21.5. The second-order valence-corrected chi connectivity index (χ2v) is 6.81. The predicted octanol–water partition coefficient (Wildman–Crippen LogP) is 2.40. The third-order valence-electron chi connectivity index (χ3n) is 4.93. The average Bonchev–Trinajstić information content (AvgIpc) is 2.98. The SMILES string of the molecule is Cc1cc(C)n(CC(=O)N2CCN(c3ccc4ccccc4n3)CC2)n1. The molecule has 0 unspecified atom stereocenters. The van der Waals surface area contributed by atoms with E-state index < -0.39 is 0 Å². The van der Waals surface area contributed by atoms with Gasteiger partial charge in [0.15, 0.2) is 0 Å². The van der Waals surface area contributed by atoms with Gasteiger partial charge < -0.3 is 9.80 Å². The van der Waals surface area contributed by atoms with E-state index in [0.717, 1.165) is 41.2 Å². The monoisotopic (exact) mass is 349 g/mol. The number of anilines is 1. The number of aromatic nitrogens is 3. The number of carbonyl (C=O) groups is 1. The zero-order valence-corrected chi connectivity index (χ0v) is 15.2. The zero-order valence-electron chi connectivity index (χ0n) is 15.2. The Balaban J connectivity index is 1.40. The molecule has 2 aromatic heterocycles. The summed E-state index contributed by atoms with van der Waals surface area (Å²) in [5.41, 5.74) is 2.98. The largest absolute Gasteiger partial charge is 0.353 e. The van der Waals surface area contributed by atoms with Crippen molar-refractivity contribution in [1.82, 2.24) is 19.7 Å². The maximum Gasteiger partial charge on any atom is 0.244 e. The Bertz CT molecular complexity index is 940. The maximum atomic E-state index is 12.6. The lowest BCUT2D eigenvalue weighted by molar-refractivity contribution is -0.132. The Labute approximate surface area is 153 Å². The second-order valence-electron chi connectivity index (χ2n) is 6.81. The van der Waals surface area contributed by atoms with E-state index in [1.165, 1.54) is 0 Å². The van der Waals surface area contributed by atoms with Gasteiger partial charge in [-0.3, -0.25) is 9.48 Å². The number of fused-ring (bicyclic) bond motifs is 1.